The van der Waals surface area contributed by atoms with Crippen molar-refractivity contribution in [1.82, 2.24) is 4.90 Å². The molecule has 1 aliphatic rings. The summed E-state index contributed by atoms with van der Waals surface area (Å²) in [6, 6.07) is 17.1. The zero-order chi connectivity index (χ0) is 19.8. The first-order valence-electron chi connectivity index (χ1n) is 10.5. The topological polar surface area (TPSA) is 63.9 Å². The smallest absolute Gasteiger partial charge is 0.0883 e. The third-order valence-electron chi connectivity index (χ3n) is 5.84. The second-order valence-corrected chi connectivity index (χ2v) is 7.92. The lowest BCUT2D eigenvalue weighted by Crippen LogP contribution is -2.39. The molecule has 1 fully saturated rings. The van der Waals surface area contributed by atoms with Crippen molar-refractivity contribution in [3.8, 4) is 0 Å². The highest BCUT2D eigenvalue weighted by Gasteiger charge is 2.31. The number of β-amino-alcohol motifs (C(OH)–C–C–N with tert-alkyl or cyclic N) is 1. The molecular formula is C24H33NO3. The molecule has 1 saturated heterocycles. The number of hydrogen-bond acceptors (Lipinski definition) is 4. The van der Waals surface area contributed by atoms with Gasteiger partial charge < -0.3 is 20.2 Å². The van der Waals surface area contributed by atoms with Crippen LogP contribution < -0.4 is 0 Å². The van der Waals surface area contributed by atoms with Gasteiger partial charge in [-0.25, -0.2) is 0 Å². The van der Waals surface area contributed by atoms with Crippen molar-refractivity contribution in [2.45, 2.75) is 56.8 Å². The van der Waals surface area contributed by atoms with Crippen LogP contribution in [-0.4, -0.2) is 46.0 Å². The van der Waals surface area contributed by atoms with Crippen LogP contribution in [0.4, 0.5) is 0 Å². The number of rotatable bonds is 7. The third kappa shape index (κ3) is 5.65. The normalized spacial score (nSPS) is 19.4. The first-order valence-corrected chi connectivity index (χ1v) is 10.5. The molecular weight excluding hydrogens is 350 g/mol. The Balaban J connectivity index is 1.79. The van der Waals surface area contributed by atoms with E-state index in [0.717, 1.165) is 29.8 Å². The summed E-state index contributed by atoms with van der Waals surface area (Å²) in [7, 11) is 0. The molecule has 1 heterocycles. The van der Waals surface area contributed by atoms with Gasteiger partial charge in [0, 0.05) is 12.5 Å². The lowest BCUT2D eigenvalue weighted by Gasteiger charge is -2.33. The summed E-state index contributed by atoms with van der Waals surface area (Å²) in [5.74, 6) is -0.397. The Hall–Kier alpha value is -1.72. The van der Waals surface area contributed by atoms with Crippen LogP contribution in [0.1, 0.15) is 60.8 Å². The van der Waals surface area contributed by atoms with E-state index < -0.39 is 18.1 Å². The van der Waals surface area contributed by atoms with Gasteiger partial charge in [-0.1, -0.05) is 73.9 Å². The number of hydrogen-bond donors (Lipinski definition) is 3. The molecule has 4 nitrogen and oxygen atoms in total. The Morgan fingerprint density at radius 1 is 0.750 bits per heavy atom. The molecule has 3 N–H and O–H groups in total. The molecule has 0 radical (unpaired) electrons. The number of aliphatic hydroxyl groups excluding tert-OH is 3. The minimum atomic E-state index is -0.806. The van der Waals surface area contributed by atoms with Gasteiger partial charge in [0.25, 0.3) is 0 Å². The van der Waals surface area contributed by atoms with Gasteiger partial charge in [-0.05, 0) is 42.6 Å². The lowest BCUT2D eigenvalue weighted by atomic mass is 9.84. The monoisotopic (exact) mass is 383 g/mol. The van der Waals surface area contributed by atoms with E-state index in [-0.39, 0.29) is 6.61 Å². The molecule has 0 saturated carbocycles. The van der Waals surface area contributed by atoms with Crippen molar-refractivity contribution in [3.63, 3.8) is 0 Å². The van der Waals surface area contributed by atoms with Crippen LogP contribution in [0.3, 0.4) is 0 Å². The van der Waals surface area contributed by atoms with E-state index in [2.05, 4.69) is 4.90 Å². The van der Waals surface area contributed by atoms with Crippen LogP contribution in [0, 0.1) is 0 Å². The minimum absolute atomic E-state index is 0.0178. The first kappa shape index (κ1) is 21.0. The Bertz CT molecular complexity index is 681. The summed E-state index contributed by atoms with van der Waals surface area (Å²) in [5, 5.41) is 31.6. The first-order chi connectivity index (χ1) is 13.7. The van der Waals surface area contributed by atoms with Crippen LogP contribution in [0.15, 0.2) is 54.6 Å². The zero-order valence-corrected chi connectivity index (χ0v) is 16.6. The Morgan fingerprint density at radius 3 is 1.96 bits per heavy atom. The fourth-order valence-corrected chi connectivity index (χ4v) is 4.19. The van der Waals surface area contributed by atoms with E-state index in [9.17, 15) is 15.3 Å². The molecule has 2 aromatic rings. The van der Waals surface area contributed by atoms with E-state index in [1.54, 1.807) is 0 Å². The molecule has 3 rings (SSSR count). The molecule has 0 spiro atoms. The Labute approximate surface area is 168 Å². The van der Waals surface area contributed by atoms with Crippen LogP contribution in [0.25, 0.3) is 0 Å². The van der Waals surface area contributed by atoms with Crippen molar-refractivity contribution in [2.24, 2.45) is 0 Å². The fraction of sp³-hybridized carbons (Fsp3) is 0.500. The Morgan fingerprint density at radius 2 is 1.36 bits per heavy atom. The summed E-state index contributed by atoms with van der Waals surface area (Å²) in [6.45, 7) is 2.58. The molecule has 1 aliphatic heterocycles. The molecule has 0 amide bonds. The summed E-state index contributed by atoms with van der Waals surface area (Å²) in [5.41, 5.74) is 2.52. The second-order valence-electron chi connectivity index (χ2n) is 7.92. The van der Waals surface area contributed by atoms with Gasteiger partial charge in [0.05, 0.1) is 18.8 Å². The van der Waals surface area contributed by atoms with Crippen LogP contribution in [0.2, 0.25) is 0 Å². The standard InChI is InChI=1S/C24H33NO3/c26-18-19-11-13-21(14-12-19)24(28)23(20-9-5-4-6-10-20)22(27)17-25-15-7-2-1-3-8-16-25/h4-6,9-14,22-24,26-28H,1-3,7-8,15-18H2. The molecule has 3 unspecified atom stereocenters. The SMILES string of the molecule is OCc1ccc(C(O)C(c2ccccc2)C(O)CN2CCCCCCC2)cc1. The van der Waals surface area contributed by atoms with Crippen molar-refractivity contribution in [1.29, 1.82) is 0 Å². The molecule has 4 heteroatoms. The number of likely N-dealkylation sites (tertiary alicyclic amines) is 1. The third-order valence-corrected chi connectivity index (χ3v) is 5.84. The summed E-state index contributed by atoms with van der Waals surface area (Å²) in [6.07, 6.45) is 4.71. The van der Waals surface area contributed by atoms with Gasteiger partial charge in [-0.3, -0.25) is 0 Å². The molecule has 3 atom stereocenters. The van der Waals surface area contributed by atoms with Gasteiger partial charge in [-0.2, -0.15) is 0 Å². The predicted octanol–water partition coefficient (Wildman–Crippen LogP) is 3.62. The maximum absolute atomic E-state index is 11.2. The quantitative estimate of drug-likeness (QED) is 0.683. The average Bonchev–Trinajstić information content (AvgIpc) is 2.71. The van der Waals surface area contributed by atoms with Crippen molar-refractivity contribution in [3.05, 3.63) is 71.3 Å². The van der Waals surface area contributed by atoms with E-state index in [4.69, 9.17) is 0 Å². The number of benzene rings is 2. The van der Waals surface area contributed by atoms with Crippen LogP contribution in [0.5, 0.6) is 0 Å². The van der Waals surface area contributed by atoms with Crippen molar-refractivity contribution < 1.29 is 15.3 Å². The maximum atomic E-state index is 11.2. The molecule has 152 valence electrons. The lowest BCUT2D eigenvalue weighted by molar-refractivity contribution is 0.0275. The maximum Gasteiger partial charge on any atom is 0.0883 e. The zero-order valence-electron chi connectivity index (χ0n) is 16.6. The van der Waals surface area contributed by atoms with Crippen LogP contribution >= 0.6 is 0 Å². The van der Waals surface area contributed by atoms with E-state index in [1.165, 1.54) is 32.1 Å². The van der Waals surface area contributed by atoms with Gasteiger partial charge in [0.15, 0.2) is 0 Å². The number of aliphatic hydroxyl groups is 3. The van der Waals surface area contributed by atoms with E-state index >= 15 is 0 Å². The molecule has 0 bridgehead atoms. The van der Waals surface area contributed by atoms with Gasteiger partial charge in [-0.15, -0.1) is 0 Å². The van der Waals surface area contributed by atoms with Gasteiger partial charge >= 0.3 is 0 Å². The van der Waals surface area contributed by atoms with Crippen LogP contribution in [-0.2, 0) is 6.61 Å². The molecule has 28 heavy (non-hydrogen) atoms. The summed E-state index contributed by atoms with van der Waals surface area (Å²) >= 11 is 0. The summed E-state index contributed by atoms with van der Waals surface area (Å²) in [4.78, 5) is 2.35. The number of nitrogens with zero attached hydrogens (tertiary/aromatic N) is 1. The van der Waals surface area contributed by atoms with Crippen molar-refractivity contribution >= 4 is 0 Å². The fourth-order valence-electron chi connectivity index (χ4n) is 4.19. The highest BCUT2D eigenvalue weighted by atomic mass is 16.3. The molecule has 0 aliphatic carbocycles. The average molecular weight is 384 g/mol. The predicted molar refractivity (Wildman–Crippen MR) is 112 cm³/mol. The van der Waals surface area contributed by atoms with E-state index in [1.807, 2.05) is 54.6 Å². The Kier molecular flexibility index (Phi) is 8.04. The van der Waals surface area contributed by atoms with Gasteiger partial charge in [0.1, 0.15) is 0 Å². The minimum Gasteiger partial charge on any atom is -0.392 e. The largest absolute Gasteiger partial charge is 0.392 e. The highest BCUT2D eigenvalue weighted by Crippen LogP contribution is 2.34. The molecule has 0 aromatic heterocycles. The van der Waals surface area contributed by atoms with Gasteiger partial charge in [0.2, 0.25) is 0 Å². The van der Waals surface area contributed by atoms with Crippen molar-refractivity contribution in [2.75, 3.05) is 19.6 Å². The highest BCUT2D eigenvalue weighted by molar-refractivity contribution is 5.30. The summed E-state index contributed by atoms with van der Waals surface area (Å²) < 4.78 is 0. The molecule has 2 aromatic carbocycles. The second kappa shape index (κ2) is 10.7. The van der Waals surface area contributed by atoms with E-state index in [0.29, 0.717) is 6.54 Å².